The number of aliphatic hydroxyl groups is 1. The molecule has 0 bridgehead atoms. The quantitative estimate of drug-likeness (QED) is 0.868. The lowest BCUT2D eigenvalue weighted by molar-refractivity contribution is -0.121. The third-order valence-electron chi connectivity index (χ3n) is 3.18. The van der Waals surface area contributed by atoms with Crippen LogP contribution in [0.2, 0.25) is 0 Å². The molecule has 1 atom stereocenters. The first-order valence-electron chi connectivity index (χ1n) is 6.20. The highest BCUT2D eigenvalue weighted by Crippen LogP contribution is 2.26. The summed E-state index contributed by atoms with van der Waals surface area (Å²) in [7, 11) is 0. The van der Waals surface area contributed by atoms with E-state index in [9.17, 15) is 9.90 Å². The lowest BCUT2D eigenvalue weighted by atomic mass is 10.0. The number of benzene rings is 1. The SMILES string of the molecule is Cc1ccc(CC(=O)NCC2(O)CCSC2)cc1. The molecule has 18 heavy (non-hydrogen) atoms. The van der Waals surface area contributed by atoms with E-state index >= 15 is 0 Å². The number of thioether (sulfide) groups is 1. The topological polar surface area (TPSA) is 49.3 Å². The standard InChI is InChI=1S/C14H19NO2S/c1-11-2-4-12(5-3-11)8-13(16)15-9-14(17)6-7-18-10-14/h2-5,17H,6-10H2,1H3,(H,15,16). The van der Waals surface area contributed by atoms with Crippen molar-refractivity contribution in [1.82, 2.24) is 5.32 Å². The number of hydrogen-bond acceptors (Lipinski definition) is 3. The fourth-order valence-electron chi connectivity index (χ4n) is 1.95. The molecule has 0 aromatic heterocycles. The summed E-state index contributed by atoms with van der Waals surface area (Å²) in [6.45, 7) is 2.39. The molecule has 1 fully saturated rings. The summed E-state index contributed by atoms with van der Waals surface area (Å²) in [6, 6.07) is 7.94. The molecule has 98 valence electrons. The maximum absolute atomic E-state index is 11.8. The van der Waals surface area contributed by atoms with Crippen LogP contribution in [0.15, 0.2) is 24.3 Å². The van der Waals surface area contributed by atoms with Gasteiger partial charge in [0, 0.05) is 12.3 Å². The first-order chi connectivity index (χ1) is 8.57. The largest absolute Gasteiger partial charge is 0.387 e. The Bertz CT molecular complexity index is 410. The molecule has 3 nitrogen and oxygen atoms in total. The Morgan fingerprint density at radius 2 is 2.17 bits per heavy atom. The van der Waals surface area contributed by atoms with Crippen LogP contribution < -0.4 is 5.32 Å². The molecule has 1 saturated heterocycles. The molecule has 1 aromatic carbocycles. The second-order valence-electron chi connectivity index (χ2n) is 4.97. The van der Waals surface area contributed by atoms with Gasteiger partial charge in [0.05, 0.1) is 12.0 Å². The number of hydrogen-bond donors (Lipinski definition) is 2. The molecule has 0 spiro atoms. The van der Waals surface area contributed by atoms with Crippen molar-refractivity contribution in [3.8, 4) is 0 Å². The summed E-state index contributed by atoms with van der Waals surface area (Å²) < 4.78 is 0. The van der Waals surface area contributed by atoms with Crippen molar-refractivity contribution in [3.05, 3.63) is 35.4 Å². The molecular weight excluding hydrogens is 246 g/mol. The summed E-state index contributed by atoms with van der Waals surface area (Å²) in [4.78, 5) is 11.8. The number of carbonyl (C=O) groups is 1. The van der Waals surface area contributed by atoms with Gasteiger partial charge < -0.3 is 10.4 Å². The first-order valence-corrected chi connectivity index (χ1v) is 7.35. The molecule has 4 heteroatoms. The monoisotopic (exact) mass is 265 g/mol. The molecule has 1 aliphatic rings. The van der Waals surface area contributed by atoms with Crippen molar-refractivity contribution in [2.45, 2.75) is 25.4 Å². The Kier molecular flexibility index (Phi) is 4.30. The van der Waals surface area contributed by atoms with Crippen molar-refractivity contribution in [3.63, 3.8) is 0 Å². The van der Waals surface area contributed by atoms with Crippen LogP contribution in [-0.2, 0) is 11.2 Å². The van der Waals surface area contributed by atoms with Gasteiger partial charge >= 0.3 is 0 Å². The van der Waals surface area contributed by atoms with Crippen molar-refractivity contribution in [2.24, 2.45) is 0 Å². The molecule has 1 unspecified atom stereocenters. The van der Waals surface area contributed by atoms with Gasteiger partial charge in [-0.2, -0.15) is 11.8 Å². The van der Waals surface area contributed by atoms with Gasteiger partial charge in [0.2, 0.25) is 5.91 Å². The Labute approximate surface area is 112 Å². The third-order valence-corrected chi connectivity index (χ3v) is 4.42. The van der Waals surface area contributed by atoms with Gasteiger partial charge in [0.15, 0.2) is 0 Å². The number of rotatable bonds is 4. The van der Waals surface area contributed by atoms with Crippen LogP contribution in [0.1, 0.15) is 17.5 Å². The summed E-state index contributed by atoms with van der Waals surface area (Å²) in [5.41, 5.74) is 1.50. The van der Waals surface area contributed by atoms with E-state index in [0.717, 1.165) is 23.5 Å². The molecule has 0 radical (unpaired) electrons. The highest BCUT2D eigenvalue weighted by atomic mass is 32.2. The van der Waals surface area contributed by atoms with E-state index < -0.39 is 5.60 Å². The molecule has 2 rings (SSSR count). The lowest BCUT2D eigenvalue weighted by Gasteiger charge is -2.21. The van der Waals surface area contributed by atoms with Gasteiger partial charge in [-0.25, -0.2) is 0 Å². The molecule has 1 aliphatic heterocycles. The highest BCUT2D eigenvalue weighted by molar-refractivity contribution is 7.99. The minimum Gasteiger partial charge on any atom is -0.387 e. The van der Waals surface area contributed by atoms with Crippen LogP contribution in [0.5, 0.6) is 0 Å². The summed E-state index contributed by atoms with van der Waals surface area (Å²) in [5.74, 6) is 1.67. The van der Waals surface area contributed by atoms with Gasteiger partial charge in [-0.3, -0.25) is 4.79 Å². The fraction of sp³-hybridized carbons (Fsp3) is 0.500. The zero-order valence-corrected chi connectivity index (χ0v) is 11.4. The van der Waals surface area contributed by atoms with Crippen LogP contribution in [-0.4, -0.2) is 34.7 Å². The minimum absolute atomic E-state index is 0.0239. The molecule has 2 N–H and O–H groups in total. The summed E-state index contributed by atoms with van der Waals surface area (Å²) in [5, 5.41) is 12.9. The Balaban J connectivity index is 1.80. The first kappa shape index (κ1) is 13.4. The van der Waals surface area contributed by atoms with Gasteiger partial charge in [0.1, 0.15) is 0 Å². The van der Waals surface area contributed by atoms with Crippen LogP contribution in [0.3, 0.4) is 0 Å². The Morgan fingerprint density at radius 1 is 1.44 bits per heavy atom. The van der Waals surface area contributed by atoms with Crippen molar-refractivity contribution >= 4 is 17.7 Å². The number of carbonyl (C=O) groups excluding carboxylic acids is 1. The van der Waals surface area contributed by atoms with E-state index in [1.165, 1.54) is 5.56 Å². The van der Waals surface area contributed by atoms with Crippen LogP contribution in [0, 0.1) is 6.92 Å². The summed E-state index contributed by atoms with van der Waals surface area (Å²) in [6.07, 6.45) is 1.14. The molecule has 0 saturated carbocycles. The second-order valence-corrected chi connectivity index (χ2v) is 6.07. The minimum atomic E-state index is -0.701. The maximum atomic E-state index is 11.8. The fourth-order valence-corrected chi connectivity index (χ4v) is 3.25. The van der Waals surface area contributed by atoms with E-state index in [2.05, 4.69) is 5.32 Å². The number of nitrogens with one attached hydrogen (secondary N) is 1. The smallest absolute Gasteiger partial charge is 0.224 e. The predicted molar refractivity (Wildman–Crippen MR) is 74.8 cm³/mol. The van der Waals surface area contributed by atoms with E-state index in [4.69, 9.17) is 0 Å². The van der Waals surface area contributed by atoms with E-state index in [1.807, 2.05) is 31.2 Å². The van der Waals surface area contributed by atoms with Crippen LogP contribution >= 0.6 is 11.8 Å². The highest BCUT2D eigenvalue weighted by Gasteiger charge is 2.31. The summed E-state index contributed by atoms with van der Waals surface area (Å²) >= 11 is 1.74. The molecule has 1 aromatic rings. The average molecular weight is 265 g/mol. The van der Waals surface area contributed by atoms with Crippen molar-refractivity contribution in [2.75, 3.05) is 18.1 Å². The average Bonchev–Trinajstić information content (AvgIpc) is 2.78. The molecule has 0 aliphatic carbocycles. The number of aryl methyl sites for hydroxylation is 1. The zero-order valence-electron chi connectivity index (χ0n) is 10.6. The normalized spacial score (nSPS) is 23.0. The van der Waals surface area contributed by atoms with Gasteiger partial charge in [-0.1, -0.05) is 29.8 Å². The maximum Gasteiger partial charge on any atom is 0.224 e. The molecule has 1 amide bonds. The van der Waals surface area contributed by atoms with Gasteiger partial charge in [-0.15, -0.1) is 0 Å². The molecule has 1 heterocycles. The van der Waals surface area contributed by atoms with Gasteiger partial charge in [-0.05, 0) is 24.7 Å². The lowest BCUT2D eigenvalue weighted by Crippen LogP contribution is -2.43. The van der Waals surface area contributed by atoms with Gasteiger partial charge in [0.25, 0.3) is 0 Å². The third kappa shape index (κ3) is 3.75. The van der Waals surface area contributed by atoms with E-state index in [0.29, 0.717) is 13.0 Å². The molecular formula is C14H19NO2S. The number of amides is 1. The van der Waals surface area contributed by atoms with E-state index in [1.54, 1.807) is 11.8 Å². The van der Waals surface area contributed by atoms with Crippen LogP contribution in [0.4, 0.5) is 0 Å². The zero-order chi connectivity index (χ0) is 13.0. The van der Waals surface area contributed by atoms with Crippen LogP contribution in [0.25, 0.3) is 0 Å². The van der Waals surface area contributed by atoms with Crippen molar-refractivity contribution < 1.29 is 9.90 Å². The Hall–Kier alpha value is -1.00. The van der Waals surface area contributed by atoms with Crippen molar-refractivity contribution in [1.29, 1.82) is 0 Å². The predicted octanol–water partition coefficient (Wildman–Crippen LogP) is 1.52. The second kappa shape index (κ2) is 5.76. The Morgan fingerprint density at radius 3 is 2.78 bits per heavy atom. The van der Waals surface area contributed by atoms with E-state index in [-0.39, 0.29) is 5.91 Å².